The largest absolute Gasteiger partial charge is 0.448 e. The first-order valence-corrected chi connectivity index (χ1v) is 11.5. The van der Waals surface area contributed by atoms with Crippen LogP contribution in [0.5, 0.6) is 0 Å². The van der Waals surface area contributed by atoms with Crippen LogP contribution in [0.3, 0.4) is 0 Å². The third-order valence-corrected chi connectivity index (χ3v) is 6.05. The van der Waals surface area contributed by atoms with E-state index in [1.165, 1.54) is 22.3 Å². The molecule has 0 bridgehead atoms. The first-order valence-electron chi connectivity index (χ1n) is 11.5. The van der Waals surface area contributed by atoms with Crippen LogP contribution in [0.1, 0.15) is 37.8 Å². The van der Waals surface area contributed by atoms with Crippen LogP contribution in [0.2, 0.25) is 0 Å². The average Bonchev–Trinajstić information content (AvgIpc) is 3.10. The Balaban J connectivity index is 1.34. The van der Waals surface area contributed by atoms with Gasteiger partial charge in [0.25, 0.3) is 0 Å². The lowest BCUT2D eigenvalue weighted by molar-refractivity contribution is 0.0264. The molecule has 7 heteroatoms. The van der Waals surface area contributed by atoms with Gasteiger partial charge in [-0.2, -0.15) is 0 Å². The molecule has 33 heavy (non-hydrogen) atoms. The number of amides is 2. The molecule has 176 valence electrons. The molecule has 1 aliphatic heterocycles. The van der Waals surface area contributed by atoms with Crippen molar-refractivity contribution in [3.8, 4) is 11.1 Å². The number of likely N-dealkylation sites (N-methyl/N-ethyl adjacent to an activating group) is 1. The summed E-state index contributed by atoms with van der Waals surface area (Å²) >= 11 is 0. The summed E-state index contributed by atoms with van der Waals surface area (Å²) in [4.78, 5) is 28.4. The van der Waals surface area contributed by atoms with E-state index < -0.39 is 5.60 Å². The van der Waals surface area contributed by atoms with E-state index in [1.54, 1.807) is 16.8 Å². The first kappa shape index (κ1) is 23.1. The highest BCUT2D eigenvalue weighted by Gasteiger charge is 2.31. The average molecular weight is 452 g/mol. The molecular weight excluding hydrogens is 418 g/mol. The fourth-order valence-corrected chi connectivity index (χ4v) is 4.54. The molecule has 0 radical (unpaired) electrons. The highest BCUT2D eigenvalue weighted by atomic mass is 16.6. The van der Waals surface area contributed by atoms with E-state index in [0.717, 1.165) is 0 Å². The lowest BCUT2D eigenvalue weighted by Crippen LogP contribution is -2.56. The maximum absolute atomic E-state index is 12.9. The van der Waals surface area contributed by atoms with Crippen molar-refractivity contribution in [2.75, 3.05) is 39.8 Å². The molecule has 2 amide bonds. The number of hydrogen-bond acceptors (Lipinski definition) is 5. The van der Waals surface area contributed by atoms with Crippen molar-refractivity contribution in [3.05, 3.63) is 59.7 Å². The zero-order valence-corrected chi connectivity index (χ0v) is 19.8. The summed E-state index contributed by atoms with van der Waals surface area (Å²) in [7, 11) is 1.71. The highest BCUT2D eigenvalue weighted by molar-refractivity contribution is 5.79. The van der Waals surface area contributed by atoms with Gasteiger partial charge in [0.15, 0.2) is 0 Å². The fourth-order valence-electron chi connectivity index (χ4n) is 4.54. The quantitative estimate of drug-likeness (QED) is 0.759. The van der Waals surface area contributed by atoms with E-state index >= 15 is 0 Å². The summed E-state index contributed by atoms with van der Waals surface area (Å²) in [6.07, 6.45) is -0.689. The van der Waals surface area contributed by atoms with Gasteiger partial charge in [0.05, 0.1) is 0 Å². The normalized spacial score (nSPS) is 17.8. The molecule has 4 rings (SSSR count). The topological polar surface area (TPSA) is 71.1 Å². The van der Waals surface area contributed by atoms with E-state index in [9.17, 15) is 9.59 Å². The summed E-state index contributed by atoms with van der Waals surface area (Å²) in [5.41, 5.74) is 4.27. The van der Waals surface area contributed by atoms with Gasteiger partial charge in [-0.25, -0.2) is 9.59 Å². The third-order valence-electron chi connectivity index (χ3n) is 6.05. The predicted octanol–water partition coefficient (Wildman–Crippen LogP) is 4.08. The van der Waals surface area contributed by atoms with E-state index in [-0.39, 0.29) is 24.1 Å². The number of carbonyl (C=O) groups is 2. The van der Waals surface area contributed by atoms with Crippen molar-refractivity contribution in [1.82, 2.24) is 15.1 Å². The number of benzene rings is 2. The first-order chi connectivity index (χ1) is 15.7. The highest BCUT2D eigenvalue weighted by Crippen LogP contribution is 2.44. The minimum atomic E-state index is -0.543. The Labute approximate surface area is 195 Å². The van der Waals surface area contributed by atoms with Crippen LogP contribution < -0.4 is 5.32 Å². The smallest absolute Gasteiger partial charge is 0.410 e. The van der Waals surface area contributed by atoms with E-state index in [1.807, 2.05) is 45.0 Å². The second-order valence-electron chi connectivity index (χ2n) is 9.76. The predicted molar refractivity (Wildman–Crippen MR) is 127 cm³/mol. The third kappa shape index (κ3) is 5.30. The second-order valence-corrected chi connectivity index (χ2v) is 9.76. The molecule has 0 saturated carbocycles. The molecule has 2 aliphatic rings. The van der Waals surface area contributed by atoms with Crippen molar-refractivity contribution < 1.29 is 19.1 Å². The minimum Gasteiger partial charge on any atom is -0.448 e. The molecule has 7 nitrogen and oxygen atoms in total. The van der Waals surface area contributed by atoms with Crippen molar-refractivity contribution in [2.45, 2.75) is 38.3 Å². The molecule has 1 aliphatic carbocycles. The van der Waals surface area contributed by atoms with Gasteiger partial charge >= 0.3 is 12.2 Å². The molecule has 1 fully saturated rings. The molecule has 2 aromatic rings. The van der Waals surface area contributed by atoms with E-state index in [2.05, 4.69) is 29.6 Å². The number of piperazine rings is 1. The van der Waals surface area contributed by atoms with Crippen molar-refractivity contribution >= 4 is 12.2 Å². The maximum atomic E-state index is 12.9. The van der Waals surface area contributed by atoms with Crippen molar-refractivity contribution in [2.24, 2.45) is 0 Å². The van der Waals surface area contributed by atoms with Crippen LogP contribution >= 0.6 is 0 Å². The van der Waals surface area contributed by atoms with Gasteiger partial charge in [-0.1, -0.05) is 48.5 Å². The van der Waals surface area contributed by atoms with Crippen LogP contribution in [0, 0.1) is 0 Å². The Morgan fingerprint density at radius 3 is 2.27 bits per heavy atom. The summed E-state index contributed by atoms with van der Waals surface area (Å²) < 4.78 is 11.2. The van der Waals surface area contributed by atoms with Crippen LogP contribution in [-0.2, 0) is 9.47 Å². The maximum Gasteiger partial charge on any atom is 0.410 e. The number of fused-ring (bicyclic) bond motifs is 3. The number of carbonyl (C=O) groups excluding carboxylic acids is 2. The molecule has 2 aromatic carbocycles. The van der Waals surface area contributed by atoms with Gasteiger partial charge in [-0.15, -0.1) is 0 Å². The number of nitrogens with zero attached hydrogens (tertiary/aromatic N) is 2. The van der Waals surface area contributed by atoms with E-state index in [4.69, 9.17) is 9.47 Å². The summed E-state index contributed by atoms with van der Waals surface area (Å²) in [6, 6.07) is 16.6. The standard InChI is InChI=1S/C26H33N3O4/c1-26(2,3)33-24(30)28(4)15-18-16-29(14-13-27-18)25(31)32-17-23-21-11-7-5-9-19(21)20-10-6-8-12-22(20)23/h5-12,18,23,27H,13-17H2,1-4H3. The molecular formula is C26H33N3O4. The van der Waals surface area contributed by atoms with Crippen molar-refractivity contribution in [3.63, 3.8) is 0 Å². The Morgan fingerprint density at radius 1 is 1.06 bits per heavy atom. The lowest BCUT2D eigenvalue weighted by Gasteiger charge is -2.35. The molecule has 1 heterocycles. The van der Waals surface area contributed by atoms with Gasteiger partial charge in [-0.3, -0.25) is 0 Å². The number of rotatable bonds is 4. The molecule has 0 spiro atoms. The van der Waals surface area contributed by atoms with Gasteiger partial charge < -0.3 is 24.6 Å². The Kier molecular flexibility index (Phi) is 6.61. The zero-order chi connectivity index (χ0) is 23.6. The van der Waals surface area contributed by atoms with Gasteiger partial charge in [0.2, 0.25) is 0 Å². The Bertz CT molecular complexity index is 971. The van der Waals surface area contributed by atoms with Crippen molar-refractivity contribution in [1.29, 1.82) is 0 Å². The zero-order valence-electron chi connectivity index (χ0n) is 19.8. The van der Waals surface area contributed by atoms with Crippen LogP contribution in [0.25, 0.3) is 11.1 Å². The van der Waals surface area contributed by atoms with Gasteiger partial charge in [0, 0.05) is 45.2 Å². The lowest BCUT2D eigenvalue weighted by atomic mass is 9.98. The van der Waals surface area contributed by atoms with Crippen LogP contribution in [-0.4, -0.2) is 73.5 Å². The van der Waals surface area contributed by atoms with Gasteiger partial charge in [-0.05, 0) is 43.0 Å². The van der Waals surface area contributed by atoms with Gasteiger partial charge in [0.1, 0.15) is 12.2 Å². The fraction of sp³-hybridized carbons (Fsp3) is 0.462. The summed E-state index contributed by atoms with van der Waals surface area (Å²) in [6.45, 7) is 7.98. The molecule has 0 aromatic heterocycles. The number of nitrogens with one attached hydrogen (secondary N) is 1. The van der Waals surface area contributed by atoms with E-state index in [0.29, 0.717) is 32.8 Å². The minimum absolute atomic E-state index is 0.0402. The Hall–Kier alpha value is -3.06. The monoisotopic (exact) mass is 451 g/mol. The number of ether oxygens (including phenoxy) is 2. The SMILES string of the molecule is CN(CC1CN(C(=O)OCC2c3ccccc3-c3ccccc32)CCN1)C(=O)OC(C)(C)C. The summed E-state index contributed by atoms with van der Waals surface area (Å²) in [5.74, 6) is 0.0402. The molecule has 1 unspecified atom stereocenters. The molecule has 1 N–H and O–H groups in total. The molecule has 1 atom stereocenters. The summed E-state index contributed by atoms with van der Waals surface area (Å²) in [5, 5.41) is 3.38. The molecule has 1 saturated heterocycles. The van der Waals surface area contributed by atoms with Crippen LogP contribution in [0.15, 0.2) is 48.5 Å². The second kappa shape index (κ2) is 9.43. The number of hydrogen-bond donors (Lipinski definition) is 1. The van der Waals surface area contributed by atoms with Crippen LogP contribution in [0.4, 0.5) is 9.59 Å². The Morgan fingerprint density at radius 2 is 1.67 bits per heavy atom.